The molecule has 112 valence electrons. The van der Waals surface area contributed by atoms with Crippen LogP contribution in [0.2, 0.25) is 0 Å². The van der Waals surface area contributed by atoms with Crippen molar-refractivity contribution < 1.29 is 31.5 Å². The van der Waals surface area contributed by atoms with Gasteiger partial charge in [-0.1, -0.05) is 12.1 Å². The highest BCUT2D eigenvalue weighted by atomic mass is 35.5. The molecule has 0 radical (unpaired) electrons. The van der Waals surface area contributed by atoms with E-state index in [1.165, 1.54) is 0 Å². The van der Waals surface area contributed by atoms with Crippen molar-refractivity contribution in [2.75, 3.05) is 6.61 Å². The zero-order chi connectivity index (χ0) is 14.3. The maximum Gasteiger partial charge on any atom is 0.416 e. The fourth-order valence-electron chi connectivity index (χ4n) is 1.70. The molecule has 0 bridgehead atoms. The number of nitrogens with one attached hydrogen (secondary N) is 1. The van der Waals surface area contributed by atoms with E-state index in [1.54, 1.807) is 0 Å². The van der Waals surface area contributed by atoms with Gasteiger partial charge in [0.25, 0.3) is 0 Å². The van der Waals surface area contributed by atoms with Crippen LogP contribution in [0, 0.1) is 0 Å². The maximum atomic E-state index is 13.5. The molecule has 1 aliphatic rings. The van der Waals surface area contributed by atoms with E-state index in [0.717, 1.165) is 12.1 Å². The van der Waals surface area contributed by atoms with Crippen LogP contribution in [0.25, 0.3) is 0 Å². The third-order valence-electron chi connectivity index (χ3n) is 2.65. The molecule has 1 heterocycles. The summed E-state index contributed by atoms with van der Waals surface area (Å²) in [4.78, 5) is 10.9. The lowest BCUT2D eigenvalue weighted by molar-refractivity contribution is -0.137. The molecule has 1 fully saturated rings. The van der Waals surface area contributed by atoms with Gasteiger partial charge in [-0.15, -0.1) is 12.4 Å². The molecule has 1 saturated heterocycles. The molecule has 1 aliphatic heterocycles. The number of ether oxygens (including phenoxy) is 1. The summed E-state index contributed by atoms with van der Waals surface area (Å²) >= 11 is 0. The number of halogens is 6. The van der Waals surface area contributed by atoms with Crippen LogP contribution in [-0.4, -0.2) is 18.6 Å². The van der Waals surface area contributed by atoms with E-state index in [1.807, 2.05) is 5.32 Å². The number of alkyl halides is 5. The van der Waals surface area contributed by atoms with Gasteiger partial charge in [0.1, 0.15) is 6.04 Å². The number of carbonyl (C=O) groups excluding carboxylic acids is 1. The molecule has 2 rings (SSSR count). The fourth-order valence-corrected chi connectivity index (χ4v) is 1.70. The van der Waals surface area contributed by atoms with Crippen LogP contribution in [0.4, 0.5) is 26.7 Å². The van der Waals surface area contributed by atoms with Gasteiger partial charge in [-0.2, -0.15) is 13.2 Å². The van der Waals surface area contributed by atoms with E-state index in [2.05, 4.69) is 4.74 Å². The second-order valence-corrected chi connectivity index (χ2v) is 4.03. The predicted octanol–water partition coefficient (Wildman–Crippen LogP) is 3.54. The largest absolute Gasteiger partial charge is 0.443 e. The van der Waals surface area contributed by atoms with E-state index in [0.29, 0.717) is 12.1 Å². The van der Waals surface area contributed by atoms with Gasteiger partial charge >= 0.3 is 18.2 Å². The van der Waals surface area contributed by atoms with Gasteiger partial charge in [0.15, 0.2) is 6.61 Å². The van der Waals surface area contributed by atoms with Gasteiger partial charge in [-0.25, -0.2) is 13.6 Å². The Balaban J connectivity index is 0.00000200. The number of cyclic esters (lactones) is 1. The van der Waals surface area contributed by atoms with E-state index in [4.69, 9.17) is 0 Å². The highest BCUT2D eigenvalue weighted by molar-refractivity contribution is 5.85. The minimum Gasteiger partial charge on any atom is -0.443 e. The molecule has 1 aromatic rings. The first kappa shape index (κ1) is 16.5. The van der Waals surface area contributed by atoms with Crippen molar-refractivity contribution in [3.63, 3.8) is 0 Å². The van der Waals surface area contributed by atoms with E-state index < -0.39 is 36.4 Å². The standard InChI is InChI=1S/C11H8F5NO2.ClH/c12-10(13)5-19-9(18)17-8(10)6-1-3-7(4-2-6)11(14,15)16;/h1-4,8H,5H2,(H,17,18);1H/t8-;/m1./s1. The number of alkyl carbamates (subject to hydrolysis) is 1. The van der Waals surface area contributed by atoms with Crippen LogP contribution in [0.5, 0.6) is 0 Å². The molecule has 1 N–H and O–H groups in total. The number of amides is 1. The Hall–Kier alpha value is -1.57. The van der Waals surface area contributed by atoms with Crippen LogP contribution >= 0.6 is 12.4 Å². The van der Waals surface area contributed by atoms with Gasteiger partial charge in [0.05, 0.1) is 5.56 Å². The molecule has 1 amide bonds. The zero-order valence-electron chi connectivity index (χ0n) is 9.71. The molecule has 0 aromatic heterocycles. The highest BCUT2D eigenvalue weighted by Gasteiger charge is 2.46. The Bertz CT molecular complexity index is 489. The second-order valence-electron chi connectivity index (χ2n) is 4.03. The third-order valence-corrected chi connectivity index (χ3v) is 2.65. The molecular formula is C11H9ClF5NO2. The summed E-state index contributed by atoms with van der Waals surface area (Å²) in [7, 11) is 0. The first-order valence-electron chi connectivity index (χ1n) is 5.18. The van der Waals surface area contributed by atoms with Gasteiger partial charge in [-0.05, 0) is 17.7 Å². The lowest BCUT2D eigenvalue weighted by atomic mass is 9.99. The van der Waals surface area contributed by atoms with Crippen LogP contribution < -0.4 is 5.32 Å². The fraction of sp³-hybridized carbons (Fsp3) is 0.364. The summed E-state index contributed by atoms with van der Waals surface area (Å²) in [5.74, 6) is -3.38. The Kier molecular flexibility index (Phi) is 4.48. The van der Waals surface area contributed by atoms with Crippen molar-refractivity contribution in [2.24, 2.45) is 0 Å². The van der Waals surface area contributed by atoms with E-state index in [-0.39, 0.29) is 18.0 Å². The number of rotatable bonds is 1. The SMILES string of the molecule is Cl.O=C1N[C@H](c2ccc(C(F)(F)F)cc2)C(F)(F)CO1. The lowest BCUT2D eigenvalue weighted by Crippen LogP contribution is -2.49. The average Bonchev–Trinajstić information content (AvgIpc) is 2.31. The molecule has 20 heavy (non-hydrogen) atoms. The highest BCUT2D eigenvalue weighted by Crippen LogP contribution is 2.36. The summed E-state index contributed by atoms with van der Waals surface area (Å²) in [5.41, 5.74) is -1.06. The summed E-state index contributed by atoms with van der Waals surface area (Å²) in [5, 5.41) is 1.89. The van der Waals surface area contributed by atoms with Crippen LogP contribution in [-0.2, 0) is 10.9 Å². The topological polar surface area (TPSA) is 38.3 Å². The van der Waals surface area contributed by atoms with Crippen LogP contribution in [0.15, 0.2) is 24.3 Å². The Morgan fingerprint density at radius 2 is 1.75 bits per heavy atom. The first-order valence-corrected chi connectivity index (χ1v) is 5.18. The summed E-state index contributed by atoms with van der Waals surface area (Å²) in [6.45, 7) is -1.11. The van der Waals surface area contributed by atoms with Crippen molar-refractivity contribution in [2.45, 2.75) is 18.1 Å². The van der Waals surface area contributed by atoms with Gasteiger partial charge < -0.3 is 10.1 Å². The maximum absolute atomic E-state index is 13.5. The van der Waals surface area contributed by atoms with Gasteiger partial charge in [-0.3, -0.25) is 0 Å². The minimum atomic E-state index is -4.54. The lowest BCUT2D eigenvalue weighted by Gasteiger charge is -2.31. The molecule has 9 heteroatoms. The van der Waals surface area contributed by atoms with Crippen molar-refractivity contribution in [1.29, 1.82) is 0 Å². The number of benzene rings is 1. The molecule has 0 spiro atoms. The Morgan fingerprint density at radius 3 is 2.25 bits per heavy atom. The second kappa shape index (κ2) is 5.43. The smallest absolute Gasteiger partial charge is 0.416 e. The number of hydrogen-bond acceptors (Lipinski definition) is 2. The van der Waals surface area contributed by atoms with Crippen molar-refractivity contribution >= 4 is 18.5 Å². The molecule has 1 aromatic carbocycles. The van der Waals surface area contributed by atoms with E-state index >= 15 is 0 Å². The first-order chi connectivity index (χ1) is 8.70. The monoisotopic (exact) mass is 317 g/mol. The Morgan fingerprint density at radius 1 is 1.20 bits per heavy atom. The minimum absolute atomic E-state index is 0. The molecule has 0 unspecified atom stereocenters. The summed E-state index contributed by atoms with van der Waals surface area (Å²) in [6, 6.07) is 1.50. The summed E-state index contributed by atoms with van der Waals surface area (Å²) in [6.07, 6.45) is -5.57. The van der Waals surface area contributed by atoms with Crippen LogP contribution in [0.3, 0.4) is 0 Å². The number of carbonyl (C=O) groups is 1. The molecule has 0 aliphatic carbocycles. The van der Waals surface area contributed by atoms with Crippen LogP contribution in [0.1, 0.15) is 17.2 Å². The third kappa shape index (κ3) is 3.30. The van der Waals surface area contributed by atoms with Crippen molar-refractivity contribution in [3.05, 3.63) is 35.4 Å². The molecule has 3 nitrogen and oxygen atoms in total. The van der Waals surface area contributed by atoms with Gasteiger partial charge in [0, 0.05) is 0 Å². The summed E-state index contributed by atoms with van der Waals surface area (Å²) < 4.78 is 68.2. The Labute approximate surface area is 116 Å². The van der Waals surface area contributed by atoms with Crippen molar-refractivity contribution in [1.82, 2.24) is 5.32 Å². The van der Waals surface area contributed by atoms with Crippen molar-refractivity contribution in [3.8, 4) is 0 Å². The van der Waals surface area contributed by atoms with Gasteiger partial charge in [0.2, 0.25) is 0 Å². The zero-order valence-corrected chi connectivity index (χ0v) is 10.5. The molecular weight excluding hydrogens is 309 g/mol. The quantitative estimate of drug-likeness (QED) is 0.805. The van der Waals surface area contributed by atoms with E-state index in [9.17, 15) is 26.7 Å². The number of hydrogen-bond donors (Lipinski definition) is 1. The molecule has 1 atom stereocenters. The average molecular weight is 318 g/mol. The molecule has 0 saturated carbocycles. The predicted molar refractivity (Wildman–Crippen MR) is 60.9 cm³/mol. The normalized spacial score (nSPS) is 21.4.